The van der Waals surface area contributed by atoms with E-state index in [-0.39, 0.29) is 11.5 Å². The van der Waals surface area contributed by atoms with Gasteiger partial charge in [-0.1, -0.05) is 6.07 Å². The van der Waals surface area contributed by atoms with Crippen LogP contribution in [-0.4, -0.2) is 51.6 Å². The van der Waals surface area contributed by atoms with Gasteiger partial charge in [0.2, 0.25) is 5.56 Å². The van der Waals surface area contributed by atoms with Crippen molar-refractivity contribution in [3.63, 3.8) is 0 Å². The molecule has 7 heteroatoms. The number of aromatic nitrogens is 3. The van der Waals surface area contributed by atoms with E-state index in [0.29, 0.717) is 31.9 Å². The molecule has 0 spiro atoms. The van der Waals surface area contributed by atoms with Gasteiger partial charge in [0.1, 0.15) is 0 Å². The number of nitrogens with zero attached hydrogens (tertiary/aromatic N) is 4. The molecule has 1 saturated heterocycles. The lowest BCUT2D eigenvalue weighted by atomic mass is 10.2. The zero-order chi connectivity index (χ0) is 17.4. The van der Waals surface area contributed by atoms with Crippen molar-refractivity contribution in [1.29, 1.82) is 0 Å². The largest absolute Gasteiger partial charge is 0.368 e. The predicted molar refractivity (Wildman–Crippen MR) is 95.1 cm³/mol. The number of carbonyl (C=O) groups is 1. The maximum absolute atomic E-state index is 12.9. The summed E-state index contributed by atoms with van der Waals surface area (Å²) in [5.41, 5.74) is 3.14. The van der Waals surface area contributed by atoms with Gasteiger partial charge < -0.3 is 14.8 Å². The predicted octanol–water partition coefficient (Wildman–Crippen LogP) is 1.29. The van der Waals surface area contributed by atoms with Gasteiger partial charge in [0.25, 0.3) is 5.91 Å². The van der Waals surface area contributed by atoms with E-state index in [9.17, 15) is 9.59 Å². The van der Waals surface area contributed by atoms with Crippen molar-refractivity contribution in [2.75, 3.05) is 31.1 Å². The van der Waals surface area contributed by atoms with Gasteiger partial charge in [-0.05, 0) is 25.1 Å². The average molecular weight is 337 g/mol. The highest BCUT2D eigenvalue weighted by Gasteiger charge is 2.26. The van der Waals surface area contributed by atoms with Crippen molar-refractivity contribution >= 4 is 17.1 Å². The molecule has 3 aromatic rings. The molecule has 0 aromatic carbocycles. The van der Waals surface area contributed by atoms with E-state index in [2.05, 4.69) is 15.0 Å². The van der Waals surface area contributed by atoms with Crippen molar-refractivity contribution in [1.82, 2.24) is 19.5 Å². The second-order valence-corrected chi connectivity index (χ2v) is 6.19. The first-order valence-corrected chi connectivity index (χ1v) is 8.30. The van der Waals surface area contributed by atoms with Gasteiger partial charge in [-0.3, -0.25) is 9.59 Å². The number of fused-ring (bicyclic) bond motifs is 1. The van der Waals surface area contributed by atoms with Gasteiger partial charge in [0.05, 0.1) is 5.52 Å². The zero-order valence-corrected chi connectivity index (χ0v) is 14.0. The van der Waals surface area contributed by atoms with Crippen LogP contribution in [-0.2, 0) is 0 Å². The second-order valence-electron chi connectivity index (χ2n) is 6.19. The Morgan fingerprint density at radius 1 is 1.16 bits per heavy atom. The van der Waals surface area contributed by atoms with Crippen LogP contribution in [0.15, 0.2) is 47.5 Å². The Balaban J connectivity index is 1.51. The van der Waals surface area contributed by atoms with Gasteiger partial charge in [0, 0.05) is 55.9 Å². The number of H-pyrrole nitrogens is 1. The molecule has 1 aliphatic rings. The van der Waals surface area contributed by atoms with E-state index in [1.54, 1.807) is 16.8 Å². The number of aromatic amines is 1. The standard InChI is InChI=1S/C18H19N5O2/c1-13-15-4-2-3-7-23(15)20-17(13)18(25)22-10-8-21(9-11-22)14-5-6-19-16(24)12-14/h2-7,12H,8-11H2,1H3,(H,19,24). The Kier molecular flexibility index (Phi) is 3.76. The molecule has 0 aliphatic carbocycles. The lowest BCUT2D eigenvalue weighted by Crippen LogP contribution is -2.49. The van der Waals surface area contributed by atoms with Gasteiger partial charge in [-0.25, -0.2) is 4.52 Å². The van der Waals surface area contributed by atoms with Gasteiger partial charge in [-0.15, -0.1) is 0 Å². The summed E-state index contributed by atoms with van der Waals surface area (Å²) >= 11 is 0. The first-order valence-electron chi connectivity index (χ1n) is 8.30. The number of amides is 1. The maximum atomic E-state index is 12.9. The quantitative estimate of drug-likeness (QED) is 0.765. The fraction of sp³-hybridized carbons (Fsp3) is 0.278. The Hall–Kier alpha value is -3.09. The number of anilines is 1. The molecule has 1 aliphatic heterocycles. The number of carbonyl (C=O) groups excluding carboxylic acids is 1. The molecule has 7 nitrogen and oxygen atoms in total. The molecule has 4 heterocycles. The number of piperazine rings is 1. The Labute approximate surface area is 144 Å². The summed E-state index contributed by atoms with van der Waals surface area (Å²) in [5, 5.41) is 4.44. The van der Waals surface area contributed by atoms with E-state index in [4.69, 9.17) is 0 Å². The highest BCUT2D eigenvalue weighted by molar-refractivity contribution is 5.95. The van der Waals surface area contributed by atoms with Crippen LogP contribution in [0.4, 0.5) is 5.69 Å². The van der Waals surface area contributed by atoms with Crippen LogP contribution in [0.3, 0.4) is 0 Å². The molecule has 1 amide bonds. The van der Waals surface area contributed by atoms with Crippen molar-refractivity contribution in [3.8, 4) is 0 Å². The molecule has 0 saturated carbocycles. The highest BCUT2D eigenvalue weighted by Crippen LogP contribution is 2.18. The van der Waals surface area contributed by atoms with E-state index >= 15 is 0 Å². The summed E-state index contributed by atoms with van der Waals surface area (Å²) in [6, 6.07) is 9.27. The summed E-state index contributed by atoms with van der Waals surface area (Å²) in [6.07, 6.45) is 3.50. The van der Waals surface area contributed by atoms with E-state index in [1.165, 1.54) is 0 Å². The number of aryl methyl sites for hydroxylation is 1. The molecular weight excluding hydrogens is 318 g/mol. The fourth-order valence-electron chi connectivity index (χ4n) is 3.27. The SMILES string of the molecule is Cc1c(C(=O)N2CCN(c3cc[nH]c(=O)c3)CC2)nn2ccccc12. The Bertz CT molecular complexity index is 982. The Morgan fingerprint density at radius 2 is 1.96 bits per heavy atom. The minimum absolute atomic E-state index is 0.0354. The summed E-state index contributed by atoms with van der Waals surface area (Å²) < 4.78 is 1.75. The molecule has 1 N–H and O–H groups in total. The summed E-state index contributed by atoms with van der Waals surface area (Å²) in [6.45, 7) is 4.54. The second kappa shape index (κ2) is 6.08. The summed E-state index contributed by atoms with van der Waals surface area (Å²) in [4.78, 5) is 30.9. The van der Waals surface area contributed by atoms with Crippen LogP contribution >= 0.6 is 0 Å². The topological polar surface area (TPSA) is 73.7 Å². The van der Waals surface area contributed by atoms with Crippen molar-refractivity contribution in [2.45, 2.75) is 6.92 Å². The number of rotatable bonds is 2. The molecule has 4 rings (SSSR count). The number of pyridine rings is 2. The van der Waals surface area contributed by atoms with Crippen LogP contribution < -0.4 is 10.5 Å². The van der Waals surface area contributed by atoms with Crippen LogP contribution in [0, 0.1) is 6.92 Å². The monoisotopic (exact) mass is 337 g/mol. The van der Waals surface area contributed by atoms with Gasteiger partial charge in [0.15, 0.2) is 5.69 Å². The third-order valence-corrected chi connectivity index (χ3v) is 4.68. The van der Waals surface area contributed by atoms with Crippen LogP contribution in [0.1, 0.15) is 16.1 Å². The minimum Gasteiger partial charge on any atom is -0.368 e. The van der Waals surface area contributed by atoms with Gasteiger partial charge in [-0.2, -0.15) is 5.10 Å². The van der Waals surface area contributed by atoms with E-state index in [0.717, 1.165) is 16.8 Å². The fourth-order valence-corrected chi connectivity index (χ4v) is 3.27. The summed E-state index contributed by atoms with van der Waals surface area (Å²) in [7, 11) is 0. The molecule has 0 bridgehead atoms. The van der Waals surface area contributed by atoms with E-state index < -0.39 is 0 Å². The molecule has 0 unspecified atom stereocenters. The molecule has 0 atom stereocenters. The van der Waals surface area contributed by atoms with E-state index in [1.807, 2.05) is 42.3 Å². The molecule has 0 radical (unpaired) electrons. The minimum atomic E-state index is -0.115. The average Bonchev–Trinajstić information content (AvgIpc) is 2.98. The number of nitrogens with one attached hydrogen (secondary N) is 1. The lowest BCUT2D eigenvalue weighted by molar-refractivity contribution is 0.0740. The smallest absolute Gasteiger partial charge is 0.274 e. The third kappa shape index (κ3) is 2.77. The zero-order valence-electron chi connectivity index (χ0n) is 14.0. The van der Waals surface area contributed by atoms with Crippen LogP contribution in [0.25, 0.3) is 5.52 Å². The van der Waals surface area contributed by atoms with Crippen molar-refractivity contribution in [2.24, 2.45) is 0 Å². The first kappa shape index (κ1) is 15.4. The van der Waals surface area contributed by atoms with Crippen molar-refractivity contribution in [3.05, 3.63) is 64.3 Å². The molecule has 3 aromatic heterocycles. The number of hydrogen-bond donors (Lipinski definition) is 1. The summed E-state index contributed by atoms with van der Waals surface area (Å²) in [5.74, 6) is -0.0354. The van der Waals surface area contributed by atoms with Gasteiger partial charge >= 0.3 is 0 Å². The van der Waals surface area contributed by atoms with Crippen LogP contribution in [0.5, 0.6) is 0 Å². The normalized spacial score (nSPS) is 14.9. The molecule has 25 heavy (non-hydrogen) atoms. The maximum Gasteiger partial charge on any atom is 0.274 e. The lowest BCUT2D eigenvalue weighted by Gasteiger charge is -2.35. The highest BCUT2D eigenvalue weighted by atomic mass is 16.2. The molecule has 1 fully saturated rings. The first-order chi connectivity index (χ1) is 12.1. The third-order valence-electron chi connectivity index (χ3n) is 4.68. The Morgan fingerprint density at radius 3 is 2.68 bits per heavy atom. The van der Waals surface area contributed by atoms with Crippen molar-refractivity contribution < 1.29 is 4.79 Å². The number of hydrogen-bond acceptors (Lipinski definition) is 4. The molecular formula is C18H19N5O2. The molecule has 128 valence electrons. The van der Waals surface area contributed by atoms with Crippen LogP contribution in [0.2, 0.25) is 0 Å².